The third-order valence-electron chi connectivity index (χ3n) is 4.71. The van der Waals surface area contributed by atoms with E-state index in [1.165, 1.54) is 0 Å². The Morgan fingerprint density at radius 1 is 1.08 bits per heavy atom. The molecule has 0 amide bonds. The molecule has 8 nitrogen and oxygen atoms in total. The molecular weight excluding hydrogens is 330 g/mol. The van der Waals surface area contributed by atoms with Crippen molar-refractivity contribution in [3.05, 3.63) is 36.2 Å². The highest BCUT2D eigenvalue weighted by Gasteiger charge is 2.18. The average molecular weight is 353 g/mol. The van der Waals surface area contributed by atoms with Crippen LogP contribution < -0.4 is 4.90 Å². The number of rotatable bonds is 4. The highest BCUT2D eigenvalue weighted by atomic mass is 16.5. The standard InChI is InChI=1S/C18H23N7O/c1-4-25-14(3)16(13(2)22-25)24-6-5-19-17(24)15-11-20-18(21-12-15)23-7-9-26-10-8-23/h5-6,11-12H,4,7-10H2,1-3H3. The van der Waals surface area contributed by atoms with Gasteiger partial charge in [0.2, 0.25) is 5.95 Å². The van der Waals surface area contributed by atoms with Gasteiger partial charge in [0.25, 0.3) is 0 Å². The molecule has 0 aliphatic carbocycles. The van der Waals surface area contributed by atoms with Gasteiger partial charge in [0, 0.05) is 44.4 Å². The monoisotopic (exact) mass is 353 g/mol. The number of hydrogen-bond acceptors (Lipinski definition) is 6. The van der Waals surface area contributed by atoms with Gasteiger partial charge in [0.05, 0.1) is 35.9 Å². The molecule has 1 aliphatic rings. The van der Waals surface area contributed by atoms with Crippen molar-refractivity contribution < 1.29 is 4.74 Å². The summed E-state index contributed by atoms with van der Waals surface area (Å²) in [4.78, 5) is 15.8. The van der Waals surface area contributed by atoms with Gasteiger partial charge < -0.3 is 9.64 Å². The molecule has 4 rings (SSSR count). The third kappa shape index (κ3) is 2.86. The number of ether oxygens (including phenoxy) is 1. The zero-order valence-electron chi connectivity index (χ0n) is 15.4. The molecule has 1 fully saturated rings. The predicted octanol–water partition coefficient (Wildman–Crippen LogP) is 2.00. The van der Waals surface area contributed by atoms with Crippen LogP contribution in [0, 0.1) is 13.8 Å². The first-order chi connectivity index (χ1) is 12.7. The minimum atomic E-state index is 0.718. The van der Waals surface area contributed by atoms with Crippen molar-refractivity contribution in [3.63, 3.8) is 0 Å². The number of aromatic nitrogens is 6. The van der Waals surface area contributed by atoms with Crippen LogP contribution in [0.4, 0.5) is 5.95 Å². The van der Waals surface area contributed by atoms with Crippen molar-refractivity contribution in [1.29, 1.82) is 0 Å². The maximum absolute atomic E-state index is 5.38. The van der Waals surface area contributed by atoms with Gasteiger partial charge in [-0.05, 0) is 20.8 Å². The van der Waals surface area contributed by atoms with E-state index in [0.717, 1.165) is 67.3 Å². The summed E-state index contributed by atoms with van der Waals surface area (Å²) in [7, 11) is 0. The summed E-state index contributed by atoms with van der Waals surface area (Å²) in [6.45, 7) is 10.1. The smallest absolute Gasteiger partial charge is 0.225 e. The summed E-state index contributed by atoms with van der Waals surface area (Å²) in [5.41, 5.74) is 4.05. The van der Waals surface area contributed by atoms with E-state index >= 15 is 0 Å². The van der Waals surface area contributed by atoms with Crippen molar-refractivity contribution in [3.8, 4) is 17.1 Å². The largest absolute Gasteiger partial charge is 0.378 e. The highest BCUT2D eigenvalue weighted by molar-refractivity contribution is 5.59. The van der Waals surface area contributed by atoms with Crippen LogP contribution in [-0.4, -0.2) is 55.6 Å². The van der Waals surface area contributed by atoms with Crippen LogP contribution in [0.5, 0.6) is 0 Å². The Hall–Kier alpha value is -2.74. The van der Waals surface area contributed by atoms with Gasteiger partial charge in [-0.1, -0.05) is 0 Å². The van der Waals surface area contributed by atoms with Crippen LogP contribution in [0.15, 0.2) is 24.8 Å². The second-order valence-electron chi connectivity index (χ2n) is 6.33. The van der Waals surface area contributed by atoms with E-state index in [-0.39, 0.29) is 0 Å². The van der Waals surface area contributed by atoms with Crippen LogP contribution in [0.25, 0.3) is 17.1 Å². The van der Waals surface area contributed by atoms with E-state index in [9.17, 15) is 0 Å². The summed E-state index contributed by atoms with van der Waals surface area (Å²) < 4.78 is 9.46. The number of imidazole rings is 1. The number of anilines is 1. The molecule has 26 heavy (non-hydrogen) atoms. The first-order valence-electron chi connectivity index (χ1n) is 8.92. The first kappa shape index (κ1) is 16.7. The quantitative estimate of drug-likeness (QED) is 0.714. The zero-order valence-corrected chi connectivity index (χ0v) is 15.4. The molecule has 136 valence electrons. The van der Waals surface area contributed by atoms with Gasteiger partial charge in [-0.15, -0.1) is 0 Å². The molecule has 0 bridgehead atoms. The summed E-state index contributed by atoms with van der Waals surface area (Å²) in [5, 5.41) is 4.61. The van der Waals surface area contributed by atoms with E-state index in [1.807, 2.05) is 30.2 Å². The molecule has 0 aromatic carbocycles. The minimum absolute atomic E-state index is 0.718. The van der Waals surface area contributed by atoms with Gasteiger partial charge in [-0.3, -0.25) is 9.25 Å². The Morgan fingerprint density at radius 2 is 1.81 bits per heavy atom. The lowest BCUT2D eigenvalue weighted by Gasteiger charge is -2.26. The van der Waals surface area contributed by atoms with Crippen molar-refractivity contribution in [2.75, 3.05) is 31.2 Å². The molecule has 0 atom stereocenters. The van der Waals surface area contributed by atoms with Gasteiger partial charge in [-0.25, -0.2) is 15.0 Å². The predicted molar refractivity (Wildman–Crippen MR) is 98.6 cm³/mol. The lowest BCUT2D eigenvalue weighted by atomic mass is 10.2. The van der Waals surface area contributed by atoms with Crippen molar-refractivity contribution >= 4 is 5.95 Å². The van der Waals surface area contributed by atoms with Gasteiger partial charge in [0.15, 0.2) is 0 Å². The Labute approximate surface area is 152 Å². The molecule has 0 radical (unpaired) electrons. The molecule has 0 saturated carbocycles. The number of hydrogen-bond donors (Lipinski definition) is 0. The van der Waals surface area contributed by atoms with Crippen molar-refractivity contribution in [2.24, 2.45) is 0 Å². The summed E-state index contributed by atoms with van der Waals surface area (Å²) >= 11 is 0. The van der Waals surface area contributed by atoms with Crippen LogP contribution >= 0.6 is 0 Å². The first-order valence-corrected chi connectivity index (χ1v) is 8.92. The molecule has 0 unspecified atom stereocenters. The Morgan fingerprint density at radius 3 is 2.46 bits per heavy atom. The topological polar surface area (TPSA) is 73.9 Å². The minimum Gasteiger partial charge on any atom is -0.378 e. The van der Waals surface area contributed by atoms with E-state index in [0.29, 0.717) is 0 Å². The number of nitrogens with zero attached hydrogens (tertiary/aromatic N) is 7. The highest BCUT2D eigenvalue weighted by Crippen LogP contribution is 2.25. The number of aryl methyl sites for hydroxylation is 2. The Bertz CT molecular complexity index is 891. The maximum Gasteiger partial charge on any atom is 0.225 e. The molecule has 4 heterocycles. The van der Waals surface area contributed by atoms with Crippen LogP contribution in [0.2, 0.25) is 0 Å². The summed E-state index contributed by atoms with van der Waals surface area (Å²) in [5.74, 6) is 1.56. The molecule has 3 aromatic heterocycles. The van der Waals surface area contributed by atoms with E-state index in [1.54, 1.807) is 6.20 Å². The number of morpholine rings is 1. The fourth-order valence-electron chi connectivity index (χ4n) is 3.40. The SMILES string of the molecule is CCn1nc(C)c(-n2ccnc2-c2cnc(N3CCOCC3)nc2)c1C. The summed E-state index contributed by atoms with van der Waals surface area (Å²) in [6, 6.07) is 0. The lowest BCUT2D eigenvalue weighted by molar-refractivity contribution is 0.122. The van der Waals surface area contributed by atoms with E-state index < -0.39 is 0 Å². The third-order valence-corrected chi connectivity index (χ3v) is 4.71. The molecule has 1 saturated heterocycles. The van der Waals surface area contributed by atoms with Crippen molar-refractivity contribution in [2.45, 2.75) is 27.3 Å². The Balaban J connectivity index is 1.68. The van der Waals surface area contributed by atoms with Crippen LogP contribution in [-0.2, 0) is 11.3 Å². The Kier molecular flexibility index (Phi) is 4.42. The second kappa shape index (κ2) is 6.87. The molecule has 0 spiro atoms. The van der Waals surface area contributed by atoms with Gasteiger partial charge >= 0.3 is 0 Å². The molecule has 1 aliphatic heterocycles. The van der Waals surface area contributed by atoms with Gasteiger partial charge in [-0.2, -0.15) is 5.10 Å². The van der Waals surface area contributed by atoms with E-state index in [2.05, 4.69) is 43.4 Å². The van der Waals surface area contributed by atoms with Crippen molar-refractivity contribution in [1.82, 2.24) is 29.3 Å². The maximum atomic E-state index is 5.38. The summed E-state index contributed by atoms with van der Waals surface area (Å²) in [6.07, 6.45) is 7.44. The van der Waals surface area contributed by atoms with Crippen LogP contribution in [0.1, 0.15) is 18.3 Å². The molecule has 0 N–H and O–H groups in total. The fourth-order valence-corrected chi connectivity index (χ4v) is 3.40. The van der Waals surface area contributed by atoms with Gasteiger partial charge in [0.1, 0.15) is 5.82 Å². The normalized spacial score (nSPS) is 14.8. The lowest BCUT2D eigenvalue weighted by Crippen LogP contribution is -2.37. The zero-order chi connectivity index (χ0) is 18.1. The molecular formula is C18H23N7O. The molecule has 8 heteroatoms. The second-order valence-corrected chi connectivity index (χ2v) is 6.33. The van der Waals surface area contributed by atoms with Crippen LogP contribution in [0.3, 0.4) is 0 Å². The average Bonchev–Trinajstić information content (AvgIpc) is 3.26. The van der Waals surface area contributed by atoms with E-state index in [4.69, 9.17) is 4.74 Å². The molecule has 3 aromatic rings. The fraction of sp³-hybridized carbons (Fsp3) is 0.444.